The van der Waals surface area contributed by atoms with Crippen LogP contribution in [0, 0.1) is 0 Å². The molecule has 0 saturated heterocycles. The van der Waals surface area contributed by atoms with E-state index in [-0.39, 0.29) is 13.2 Å². The minimum Gasteiger partial charge on any atom is -0.460 e. The predicted molar refractivity (Wildman–Crippen MR) is 117 cm³/mol. The van der Waals surface area contributed by atoms with Crippen LogP contribution in [0.1, 0.15) is 22.8 Å². The van der Waals surface area contributed by atoms with E-state index in [4.69, 9.17) is 24.1 Å². The summed E-state index contributed by atoms with van der Waals surface area (Å²) in [7, 11) is -2.58. The van der Waals surface area contributed by atoms with Gasteiger partial charge in [0.15, 0.2) is 0 Å². The molecule has 10 nitrogen and oxygen atoms in total. The summed E-state index contributed by atoms with van der Waals surface area (Å²) in [6.45, 7) is 4.99. The predicted octanol–water partition coefficient (Wildman–Crippen LogP) is 2.58. The van der Waals surface area contributed by atoms with Gasteiger partial charge in [0.25, 0.3) is 0 Å². The number of anilines is 1. The summed E-state index contributed by atoms with van der Waals surface area (Å²) in [5.74, 6) is -0.476. The van der Waals surface area contributed by atoms with Crippen molar-refractivity contribution in [2.24, 2.45) is 0 Å². The largest absolute Gasteiger partial charge is 0.460 e. The number of hydrogen-bond acceptors (Lipinski definition) is 8. The Hall–Kier alpha value is -3.17. The molecule has 0 fully saturated rings. The Morgan fingerprint density at radius 3 is 2.41 bits per heavy atom. The molecule has 32 heavy (non-hydrogen) atoms. The SMILES string of the molecule is C=C(C)ON(C)c1ccccc1C(=O)Oc1ccc(COC(=O)CNCP(=O)(O)O)cc1. The molecule has 0 aliphatic heterocycles. The normalized spacial score (nSPS) is 10.9. The van der Waals surface area contributed by atoms with Gasteiger partial charge >= 0.3 is 19.5 Å². The first-order valence-electron chi connectivity index (χ1n) is 9.43. The highest BCUT2D eigenvalue weighted by Crippen LogP contribution is 2.31. The molecule has 0 radical (unpaired) electrons. The maximum absolute atomic E-state index is 12.6. The highest BCUT2D eigenvalue weighted by Gasteiger charge is 2.17. The summed E-state index contributed by atoms with van der Waals surface area (Å²) in [6.07, 6.45) is -0.611. The molecule has 172 valence electrons. The zero-order valence-corrected chi connectivity index (χ0v) is 18.6. The number of carbonyl (C=O) groups excluding carboxylic acids is 2. The minimum absolute atomic E-state index is 0.0451. The van der Waals surface area contributed by atoms with Gasteiger partial charge in [-0.3, -0.25) is 14.7 Å². The van der Waals surface area contributed by atoms with Crippen LogP contribution in [0.2, 0.25) is 0 Å². The number of carbonyl (C=O) groups is 2. The summed E-state index contributed by atoms with van der Waals surface area (Å²) in [4.78, 5) is 47.1. The topological polar surface area (TPSA) is 135 Å². The number of hydroxylamine groups is 1. The van der Waals surface area contributed by atoms with Crippen LogP contribution in [0.15, 0.2) is 60.9 Å². The Kier molecular flexibility index (Phi) is 8.98. The minimum atomic E-state index is -4.23. The molecular weight excluding hydrogens is 439 g/mol. The van der Waals surface area contributed by atoms with Crippen LogP contribution >= 0.6 is 7.60 Å². The third-order valence-electron chi connectivity index (χ3n) is 3.88. The highest BCUT2D eigenvalue weighted by molar-refractivity contribution is 7.51. The fourth-order valence-corrected chi connectivity index (χ4v) is 2.94. The number of para-hydroxylation sites is 1. The van der Waals surface area contributed by atoms with Crippen LogP contribution in [0.25, 0.3) is 0 Å². The van der Waals surface area contributed by atoms with E-state index in [9.17, 15) is 14.2 Å². The standard InChI is InChI=1S/C21H25N2O8P/c1-15(2)31-23(3)19-7-5-4-6-18(19)21(25)30-17-10-8-16(9-11-17)13-29-20(24)12-22-14-32(26,27)28/h4-11,22H,1,12-14H2,2-3H3,(H2,26,27,28). The molecule has 11 heteroatoms. The lowest BCUT2D eigenvalue weighted by molar-refractivity contribution is -0.143. The molecule has 0 aromatic heterocycles. The van der Waals surface area contributed by atoms with Crippen molar-refractivity contribution < 1.29 is 38.3 Å². The molecule has 0 heterocycles. The summed E-state index contributed by atoms with van der Waals surface area (Å²) in [5.41, 5.74) is 1.46. The Balaban J connectivity index is 1.92. The summed E-state index contributed by atoms with van der Waals surface area (Å²) in [6, 6.07) is 13.2. The van der Waals surface area contributed by atoms with Crippen molar-refractivity contribution in [3.63, 3.8) is 0 Å². The smallest absolute Gasteiger partial charge is 0.345 e. The van der Waals surface area contributed by atoms with E-state index in [0.717, 1.165) is 0 Å². The molecule has 0 spiro atoms. The molecule has 0 aliphatic rings. The Labute approximate surface area is 185 Å². The van der Waals surface area contributed by atoms with Gasteiger partial charge in [-0.2, -0.15) is 0 Å². The first-order chi connectivity index (χ1) is 15.0. The lowest BCUT2D eigenvalue weighted by atomic mass is 10.1. The Morgan fingerprint density at radius 2 is 1.78 bits per heavy atom. The van der Waals surface area contributed by atoms with Crippen molar-refractivity contribution in [2.45, 2.75) is 13.5 Å². The van der Waals surface area contributed by atoms with Gasteiger partial charge < -0.3 is 24.1 Å². The van der Waals surface area contributed by atoms with E-state index in [2.05, 4.69) is 11.9 Å². The second-order valence-electron chi connectivity index (χ2n) is 6.75. The van der Waals surface area contributed by atoms with Crippen LogP contribution < -0.4 is 15.1 Å². The van der Waals surface area contributed by atoms with E-state index in [0.29, 0.717) is 28.3 Å². The van der Waals surface area contributed by atoms with Crippen molar-refractivity contribution >= 4 is 25.2 Å². The van der Waals surface area contributed by atoms with Crippen LogP contribution in [-0.2, 0) is 25.5 Å². The van der Waals surface area contributed by atoms with Crippen molar-refractivity contribution in [3.8, 4) is 5.75 Å². The van der Waals surface area contributed by atoms with Gasteiger partial charge in [-0.1, -0.05) is 30.8 Å². The quantitative estimate of drug-likeness (QED) is 0.150. The molecule has 0 unspecified atom stereocenters. The number of nitrogens with one attached hydrogen (secondary N) is 1. The van der Waals surface area contributed by atoms with Crippen molar-refractivity contribution in [3.05, 3.63) is 72.0 Å². The maximum atomic E-state index is 12.6. The summed E-state index contributed by atoms with van der Waals surface area (Å²) in [5, 5.41) is 3.74. The summed E-state index contributed by atoms with van der Waals surface area (Å²) >= 11 is 0. The molecule has 0 saturated carbocycles. The number of hydrogen-bond donors (Lipinski definition) is 3. The van der Waals surface area contributed by atoms with Gasteiger partial charge in [-0.05, 0) is 36.8 Å². The van der Waals surface area contributed by atoms with E-state index in [1.807, 2.05) is 0 Å². The second-order valence-corrected chi connectivity index (χ2v) is 8.40. The lowest BCUT2D eigenvalue weighted by Crippen LogP contribution is -2.25. The third-order valence-corrected chi connectivity index (χ3v) is 4.51. The zero-order valence-electron chi connectivity index (χ0n) is 17.7. The Morgan fingerprint density at radius 1 is 1.12 bits per heavy atom. The van der Waals surface area contributed by atoms with Crippen LogP contribution in [0.3, 0.4) is 0 Å². The number of benzene rings is 2. The summed E-state index contributed by atoms with van der Waals surface area (Å²) < 4.78 is 21.2. The molecule has 3 N–H and O–H groups in total. The molecule has 2 aromatic carbocycles. The van der Waals surface area contributed by atoms with Crippen molar-refractivity contribution in [1.29, 1.82) is 0 Å². The first kappa shape index (κ1) is 25.1. The van der Waals surface area contributed by atoms with Gasteiger partial charge in [0, 0.05) is 7.05 Å². The first-order valence-corrected chi connectivity index (χ1v) is 11.2. The van der Waals surface area contributed by atoms with Gasteiger partial charge in [0.05, 0.1) is 24.1 Å². The van der Waals surface area contributed by atoms with E-state index >= 15 is 0 Å². The van der Waals surface area contributed by atoms with Crippen LogP contribution in [0.4, 0.5) is 5.69 Å². The van der Waals surface area contributed by atoms with Gasteiger partial charge in [0.1, 0.15) is 18.1 Å². The van der Waals surface area contributed by atoms with Crippen molar-refractivity contribution in [1.82, 2.24) is 5.32 Å². The van der Waals surface area contributed by atoms with E-state index in [1.165, 1.54) is 5.06 Å². The van der Waals surface area contributed by atoms with Crippen LogP contribution in [-0.4, -0.2) is 41.6 Å². The molecule has 0 aliphatic carbocycles. The van der Waals surface area contributed by atoms with Gasteiger partial charge in [0.2, 0.25) is 0 Å². The fraction of sp³-hybridized carbons (Fsp3) is 0.238. The van der Waals surface area contributed by atoms with Gasteiger partial charge in [-0.25, -0.2) is 9.86 Å². The van der Waals surface area contributed by atoms with Gasteiger partial charge in [-0.15, -0.1) is 0 Å². The highest BCUT2D eigenvalue weighted by atomic mass is 31.2. The number of nitrogens with zero attached hydrogens (tertiary/aromatic N) is 1. The molecule has 0 amide bonds. The molecule has 2 aromatic rings. The van der Waals surface area contributed by atoms with E-state index in [1.54, 1.807) is 62.5 Å². The number of rotatable bonds is 11. The zero-order chi connectivity index (χ0) is 23.7. The number of esters is 2. The fourth-order valence-electron chi connectivity index (χ4n) is 2.54. The maximum Gasteiger partial charge on any atom is 0.345 e. The Bertz CT molecular complexity index is 1000. The molecule has 0 bridgehead atoms. The average molecular weight is 464 g/mol. The number of ether oxygens (including phenoxy) is 2. The lowest BCUT2D eigenvalue weighted by Gasteiger charge is -2.21. The average Bonchev–Trinajstić information content (AvgIpc) is 2.72. The third kappa shape index (κ3) is 8.52. The van der Waals surface area contributed by atoms with Crippen molar-refractivity contribution in [2.75, 3.05) is 24.9 Å². The molecule has 2 rings (SSSR count). The molecule has 0 atom stereocenters. The number of allylic oxidation sites excluding steroid dienone is 1. The second kappa shape index (κ2) is 11.4. The van der Waals surface area contributed by atoms with E-state index < -0.39 is 25.8 Å². The molecular formula is C21H25N2O8P. The van der Waals surface area contributed by atoms with Crippen LogP contribution in [0.5, 0.6) is 5.75 Å². The monoisotopic (exact) mass is 464 g/mol.